The van der Waals surface area contributed by atoms with Crippen molar-refractivity contribution in [2.75, 3.05) is 0 Å². The van der Waals surface area contributed by atoms with Crippen LogP contribution >= 0.6 is 0 Å². The maximum Gasteiger partial charge on any atom is 0.335 e. The predicted molar refractivity (Wildman–Crippen MR) is 81.7 cm³/mol. The van der Waals surface area contributed by atoms with E-state index in [-0.39, 0.29) is 0 Å². The average Bonchev–Trinajstić information content (AvgIpc) is 2.40. The Bertz CT molecular complexity index is 328. The van der Waals surface area contributed by atoms with Crippen molar-refractivity contribution in [3.8, 4) is 0 Å². The Kier molecular flexibility index (Phi) is 16.8. The molecule has 0 bridgehead atoms. The van der Waals surface area contributed by atoms with Crippen molar-refractivity contribution in [2.45, 2.75) is 62.3 Å². The molecule has 0 aliphatic rings. The van der Waals surface area contributed by atoms with Crippen LogP contribution < -0.4 is 0 Å². The third-order valence-electron chi connectivity index (χ3n) is 2.04. The van der Waals surface area contributed by atoms with E-state index in [4.69, 9.17) is 5.11 Å². The first-order valence-corrected chi connectivity index (χ1v) is 6.83. The van der Waals surface area contributed by atoms with E-state index in [0.717, 1.165) is 16.7 Å². The first-order chi connectivity index (χ1) is 8.52. The van der Waals surface area contributed by atoms with Crippen LogP contribution in [0.25, 0.3) is 0 Å². The maximum absolute atomic E-state index is 10.7. The lowest BCUT2D eigenvalue weighted by Gasteiger charge is -2.05. The van der Waals surface area contributed by atoms with Crippen LogP contribution in [0.2, 0.25) is 0 Å². The van der Waals surface area contributed by atoms with Crippen LogP contribution in [-0.2, 0) is 0 Å². The van der Waals surface area contributed by atoms with Gasteiger partial charge < -0.3 is 5.11 Å². The summed E-state index contributed by atoms with van der Waals surface area (Å²) >= 11 is 0. The number of aryl methyl sites for hydroxylation is 2. The van der Waals surface area contributed by atoms with E-state index in [1.807, 2.05) is 68.4 Å². The smallest absolute Gasteiger partial charge is 0.335 e. The molecule has 1 aromatic rings. The Morgan fingerprint density at radius 2 is 1.28 bits per heavy atom. The largest absolute Gasteiger partial charge is 0.478 e. The highest BCUT2D eigenvalue weighted by Crippen LogP contribution is 2.15. The minimum absolute atomic E-state index is 0.410. The van der Waals surface area contributed by atoms with Gasteiger partial charge in [-0.05, 0) is 43.5 Å². The second-order valence-electron chi connectivity index (χ2n) is 3.06. The fourth-order valence-corrected chi connectivity index (χ4v) is 1.26. The summed E-state index contributed by atoms with van der Waals surface area (Å²) in [5.41, 5.74) is 3.29. The van der Waals surface area contributed by atoms with Gasteiger partial charge in [0, 0.05) is 0 Å². The van der Waals surface area contributed by atoms with Crippen LogP contribution in [0.4, 0.5) is 0 Å². The van der Waals surface area contributed by atoms with Gasteiger partial charge in [0.05, 0.1) is 5.56 Å². The summed E-state index contributed by atoms with van der Waals surface area (Å²) in [5, 5.41) is 8.81. The summed E-state index contributed by atoms with van der Waals surface area (Å²) < 4.78 is 0. The van der Waals surface area contributed by atoms with Gasteiger partial charge >= 0.3 is 5.97 Å². The van der Waals surface area contributed by atoms with Gasteiger partial charge in [0.25, 0.3) is 0 Å². The van der Waals surface area contributed by atoms with Crippen LogP contribution in [0.1, 0.15) is 68.6 Å². The van der Waals surface area contributed by atoms with E-state index >= 15 is 0 Å². The van der Waals surface area contributed by atoms with Crippen LogP contribution in [0.3, 0.4) is 0 Å². The van der Waals surface area contributed by atoms with Crippen molar-refractivity contribution >= 4 is 5.97 Å². The molecule has 2 nitrogen and oxygen atoms in total. The van der Waals surface area contributed by atoms with Crippen molar-refractivity contribution in [3.05, 3.63) is 34.4 Å². The predicted octanol–water partition coefficient (Wildman–Crippen LogP) is 5.39. The summed E-state index contributed by atoms with van der Waals surface area (Å²) in [7, 11) is 0. The number of rotatable bonds is 1. The Labute approximate surface area is 113 Å². The Morgan fingerprint density at radius 3 is 1.61 bits per heavy atom. The highest BCUT2D eigenvalue weighted by molar-refractivity contribution is 5.89. The van der Waals surface area contributed by atoms with E-state index < -0.39 is 5.97 Å². The molecular formula is C16H30O2. The monoisotopic (exact) mass is 254 g/mol. The zero-order chi connectivity index (χ0) is 15.3. The molecule has 0 heterocycles. The highest BCUT2D eigenvalue weighted by Gasteiger charge is 2.08. The maximum atomic E-state index is 10.7. The lowest BCUT2D eigenvalue weighted by atomic mass is 10.0. The topological polar surface area (TPSA) is 37.3 Å². The van der Waals surface area contributed by atoms with Crippen LogP contribution in [0.15, 0.2) is 12.1 Å². The summed E-state index contributed by atoms with van der Waals surface area (Å²) in [5.74, 6) is -0.848. The van der Waals surface area contributed by atoms with Crippen LogP contribution in [0, 0.1) is 20.8 Å². The lowest BCUT2D eigenvalue weighted by Crippen LogP contribution is -2.01. The summed E-state index contributed by atoms with van der Waals surface area (Å²) in [6.07, 6.45) is 0. The van der Waals surface area contributed by atoms with Crippen molar-refractivity contribution in [2.24, 2.45) is 0 Å². The molecule has 0 atom stereocenters. The summed E-state index contributed by atoms with van der Waals surface area (Å²) in [6.45, 7) is 17.7. The number of hydrogen-bond acceptors (Lipinski definition) is 1. The van der Waals surface area contributed by atoms with E-state index in [2.05, 4.69) is 0 Å². The van der Waals surface area contributed by atoms with Gasteiger partial charge in [0.15, 0.2) is 0 Å². The zero-order valence-corrected chi connectivity index (χ0v) is 13.5. The quantitative estimate of drug-likeness (QED) is 0.729. The Morgan fingerprint density at radius 1 is 0.889 bits per heavy atom. The normalized spacial score (nSPS) is 7.61. The van der Waals surface area contributed by atoms with Gasteiger partial charge in [-0.1, -0.05) is 47.6 Å². The molecule has 0 aliphatic carbocycles. The molecule has 1 N–H and O–H groups in total. The van der Waals surface area contributed by atoms with Crippen LogP contribution in [0.5, 0.6) is 0 Å². The van der Waals surface area contributed by atoms with Gasteiger partial charge in [-0.15, -0.1) is 0 Å². The van der Waals surface area contributed by atoms with Gasteiger partial charge in [0.1, 0.15) is 0 Å². The molecule has 0 saturated carbocycles. The fourth-order valence-electron chi connectivity index (χ4n) is 1.26. The third-order valence-corrected chi connectivity index (χ3v) is 2.04. The molecule has 18 heavy (non-hydrogen) atoms. The molecule has 1 aromatic carbocycles. The summed E-state index contributed by atoms with van der Waals surface area (Å²) in [4.78, 5) is 10.7. The van der Waals surface area contributed by atoms with Gasteiger partial charge in [-0.2, -0.15) is 0 Å². The number of carbonyl (C=O) groups is 1. The molecular weight excluding hydrogens is 224 g/mol. The second-order valence-corrected chi connectivity index (χ2v) is 3.06. The molecule has 2 heteroatoms. The lowest BCUT2D eigenvalue weighted by molar-refractivity contribution is 0.0696. The number of aromatic carboxylic acids is 1. The average molecular weight is 254 g/mol. The van der Waals surface area contributed by atoms with E-state index in [0.29, 0.717) is 5.56 Å². The summed E-state index contributed by atoms with van der Waals surface area (Å²) in [6, 6.07) is 3.69. The molecule has 0 aliphatic heterocycles. The molecule has 0 fully saturated rings. The third kappa shape index (κ3) is 7.88. The SMILES string of the molecule is CC.CC.CC.Cc1cc(C)c(C)c(C(=O)O)c1. The van der Waals surface area contributed by atoms with Gasteiger partial charge in [-0.25, -0.2) is 4.79 Å². The zero-order valence-electron chi connectivity index (χ0n) is 13.5. The number of benzene rings is 1. The van der Waals surface area contributed by atoms with E-state index in [9.17, 15) is 4.79 Å². The number of hydrogen-bond donors (Lipinski definition) is 1. The van der Waals surface area contributed by atoms with E-state index in [1.54, 1.807) is 6.07 Å². The van der Waals surface area contributed by atoms with Gasteiger partial charge in [0.2, 0.25) is 0 Å². The molecule has 1 rings (SSSR count). The molecule has 0 aromatic heterocycles. The molecule has 0 amide bonds. The van der Waals surface area contributed by atoms with E-state index in [1.165, 1.54) is 0 Å². The fraction of sp³-hybridized carbons (Fsp3) is 0.562. The molecule has 0 unspecified atom stereocenters. The first-order valence-electron chi connectivity index (χ1n) is 6.83. The standard InChI is InChI=1S/C10H12O2.3C2H6/c1-6-4-7(2)8(3)9(5-6)10(11)12;3*1-2/h4-5H,1-3H3,(H,11,12);3*1-2H3. The van der Waals surface area contributed by atoms with Crippen molar-refractivity contribution in [3.63, 3.8) is 0 Å². The highest BCUT2D eigenvalue weighted by atomic mass is 16.4. The van der Waals surface area contributed by atoms with Crippen LogP contribution in [-0.4, -0.2) is 11.1 Å². The Balaban J connectivity index is -0.000000328. The van der Waals surface area contributed by atoms with Crippen molar-refractivity contribution in [1.82, 2.24) is 0 Å². The number of carboxylic acid groups (broad SMARTS) is 1. The van der Waals surface area contributed by atoms with Crippen molar-refractivity contribution < 1.29 is 9.90 Å². The first kappa shape index (κ1) is 21.9. The Hall–Kier alpha value is -1.31. The second kappa shape index (κ2) is 13.8. The molecule has 0 radical (unpaired) electrons. The van der Waals surface area contributed by atoms with Crippen molar-refractivity contribution in [1.29, 1.82) is 0 Å². The molecule has 0 spiro atoms. The number of carboxylic acids is 1. The molecule has 0 saturated heterocycles. The van der Waals surface area contributed by atoms with Gasteiger partial charge in [-0.3, -0.25) is 0 Å². The minimum atomic E-state index is -0.848. The molecule has 106 valence electrons. The minimum Gasteiger partial charge on any atom is -0.478 e.